The average Bonchev–Trinajstić information content (AvgIpc) is 2.93. The number of nitrogen functional groups attached to an aromatic ring is 1. The quantitative estimate of drug-likeness (QED) is 0.520. The summed E-state index contributed by atoms with van der Waals surface area (Å²) in [4.78, 5) is 13.8. The van der Waals surface area contributed by atoms with Crippen molar-refractivity contribution in [2.24, 2.45) is 0 Å². The maximum atomic E-state index is 12.0. The number of carbonyl (C=O) groups is 1. The van der Waals surface area contributed by atoms with E-state index in [0.29, 0.717) is 39.2 Å². The first-order valence-electron chi connectivity index (χ1n) is 7.64. The van der Waals surface area contributed by atoms with Gasteiger partial charge in [0.05, 0.1) is 5.75 Å². The van der Waals surface area contributed by atoms with Crippen molar-refractivity contribution in [1.82, 2.24) is 19.8 Å². The molecular formula is C15H19Cl2N5OS2. The molecule has 6 nitrogen and oxygen atoms in total. The maximum absolute atomic E-state index is 12.0. The van der Waals surface area contributed by atoms with Crippen molar-refractivity contribution >= 4 is 52.6 Å². The molecule has 0 fully saturated rings. The van der Waals surface area contributed by atoms with E-state index in [2.05, 4.69) is 10.2 Å². The van der Waals surface area contributed by atoms with Gasteiger partial charge in [0.2, 0.25) is 16.2 Å². The van der Waals surface area contributed by atoms with Gasteiger partial charge in [-0.3, -0.25) is 4.79 Å². The van der Waals surface area contributed by atoms with Gasteiger partial charge in [0.15, 0.2) is 0 Å². The van der Waals surface area contributed by atoms with Gasteiger partial charge in [0, 0.05) is 28.9 Å². The summed E-state index contributed by atoms with van der Waals surface area (Å²) in [5, 5.41) is 10.4. The standard InChI is InChI=1S/C15H19Cl2N5OS2/c1-3-21(4-2)13(23)9-25-15-20-19-14(22(15)18)24-8-10-5-6-11(16)7-12(10)17/h5-7H,3-4,8-9,18H2,1-2H3. The average molecular weight is 420 g/mol. The lowest BCUT2D eigenvalue weighted by Gasteiger charge is -2.17. The van der Waals surface area contributed by atoms with Gasteiger partial charge in [-0.15, -0.1) is 10.2 Å². The van der Waals surface area contributed by atoms with Crippen LogP contribution in [0.2, 0.25) is 10.0 Å². The molecule has 0 bridgehead atoms. The highest BCUT2D eigenvalue weighted by atomic mass is 35.5. The molecule has 1 aromatic heterocycles. The van der Waals surface area contributed by atoms with Crippen LogP contribution < -0.4 is 5.84 Å². The number of thioether (sulfide) groups is 2. The summed E-state index contributed by atoms with van der Waals surface area (Å²) < 4.78 is 1.40. The Morgan fingerprint density at radius 2 is 1.84 bits per heavy atom. The van der Waals surface area contributed by atoms with E-state index in [-0.39, 0.29) is 11.7 Å². The zero-order chi connectivity index (χ0) is 18.4. The summed E-state index contributed by atoms with van der Waals surface area (Å²) in [5.41, 5.74) is 0.935. The third-order valence-electron chi connectivity index (χ3n) is 3.45. The topological polar surface area (TPSA) is 77.0 Å². The maximum Gasteiger partial charge on any atom is 0.233 e. The summed E-state index contributed by atoms with van der Waals surface area (Å²) in [5.74, 6) is 6.96. The number of amides is 1. The number of hydrogen-bond acceptors (Lipinski definition) is 6. The predicted molar refractivity (Wildman–Crippen MR) is 105 cm³/mol. The minimum absolute atomic E-state index is 0.0557. The van der Waals surface area contributed by atoms with E-state index in [1.165, 1.54) is 28.2 Å². The number of nitrogens with zero attached hydrogens (tertiary/aromatic N) is 4. The van der Waals surface area contributed by atoms with E-state index in [1.54, 1.807) is 17.0 Å². The van der Waals surface area contributed by atoms with E-state index in [4.69, 9.17) is 29.0 Å². The molecular weight excluding hydrogens is 401 g/mol. The van der Waals surface area contributed by atoms with Gasteiger partial charge in [-0.2, -0.15) is 0 Å². The van der Waals surface area contributed by atoms with Gasteiger partial charge in [0.1, 0.15) is 0 Å². The molecule has 2 aromatic rings. The van der Waals surface area contributed by atoms with Crippen LogP contribution in [0.25, 0.3) is 0 Å². The van der Waals surface area contributed by atoms with Crippen LogP contribution in [0.5, 0.6) is 0 Å². The van der Waals surface area contributed by atoms with Crippen molar-refractivity contribution in [2.45, 2.75) is 29.9 Å². The van der Waals surface area contributed by atoms with Gasteiger partial charge in [-0.05, 0) is 31.5 Å². The molecule has 2 N–H and O–H groups in total. The molecule has 0 radical (unpaired) electrons. The smallest absolute Gasteiger partial charge is 0.233 e. The summed E-state index contributed by atoms with van der Waals surface area (Å²) in [7, 11) is 0. The van der Waals surface area contributed by atoms with Crippen LogP contribution in [-0.2, 0) is 10.5 Å². The fourth-order valence-electron chi connectivity index (χ4n) is 2.04. The predicted octanol–water partition coefficient (Wildman–Crippen LogP) is 3.55. The molecule has 1 aromatic carbocycles. The first kappa shape index (κ1) is 20.2. The van der Waals surface area contributed by atoms with Gasteiger partial charge in [-0.25, -0.2) is 4.68 Å². The Hall–Kier alpha value is -1.09. The molecule has 2 rings (SSSR count). The zero-order valence-electron chi connectivity index (χ0n) is 13.9. The van der Waals surface area contributed by atoms with E-state index in [9.17, 15) is 4.79 Å². The van der Waals surface area contributed by atoms with Crippen LogP contribution in [0.15, 0.2) is 28.5 Å². The van der Waals surface area contributed by atoms with Crippen LogP contribution in [-0.4, -0.2) is 44.5 Å². The number of halogens is 2. The molecule has 0 aliphatic heterocycles. The van der Waals surface area contributed by atoms with E-state index >= 15 is 0 Å². The zero-order valence-corrected chi connectivity index (χ0v) is 17.1. The first-order valence-corrected chi connectivity index (χ1v) is 10.4. The van der Waals surface area contributed by atoms with Gasteiger partial charge >= 0.3 is 0 Å². The lowest BCUT2D eigenvalue weighted by molar-refractivity contribution is -0.127. The van der Waals surface area contributed by atoms with E-state index in [1.807, 2.05) is 19.9 Å². The summed E-state index contributed by atoms with van der Waals surface area (Å²) in [6.45, 7) is 5.28. The lowest BCUT2D eigenvalue weighted by atomic mass is 10.2. The van der Waals surface area contributed by atoms with Crippen LogP contribution in [0.3, 0.4) is 0 Å². The van der Waals surface area contributed by atoms with Crippen LogP contribution in [0.1, 0.15) is 19.4 Å². The Morgan fingerprint density at radius 1 is 1.20 bits per heavy atom. The Balaban J connectivity index is 1.95. The second kappa shape index (κ2) is 9.56. The fourth-order valence-corrected chi connectivity index (χ4v) is 4.27. The Labute approximate surface area is 165 Å². The summed E-state index contributed by atoms with van der Waals surface area (Å²) >= 11 is 14.8. The molecule has 136 valence electrons. The molecule has 0 atom stereocenters. The number of rotatable bonds is 8. The Kier molecular flexibility index (Phi) is 7.74. The second-order valence-electron chi connectivity index (χ2n) is 5.01. The number of aromatic nitrogens is 3. The molecule has 1 amide bonds. The number of nitrogens with two attached hydrogens (primary N) is 1. The van der Waals surface area contributed by atoms with Crippen molar-refractivity contribution in [3.05, 3.63) is 33.8 Å². The van der Waals surface area contributed by atoms with Crippen LogP contribution in [0, 0.1) is 0 Å². The third kappa shape index (κ3) is 5.44. The largest absolute Gasteiger partial charge is 0.343 e. The first-order chi connectivity index (χ1) is 12.0. The normalized spacial score (nSPS) is 10.9. The monoisotopic (exact) mass is 419 g/mol. The lowest BCUT2D eigenvalue weighted by Crippen LogP contribution is -2.32. The van der Waals surface area contributed by atoms with E-state index < -0.39 is 0 Å². The van der Waals surface area contributed by atoms with Crippen molar-refractivity contribution in [1.29, 1.82) is 0 Å². The van der Waals surface area contributed by atoms with Crippen LogP contribution in [0.4, 0.5) is 0 Å². The second-order valence-corrected chi connectivity index (χ2v) is 7.74. The highest BCUT2D eigenvalue weighted by molar-refractivity contribution is 8.00. The van der Waals surface area contributed by atoms with E-state index in [0.717, 1.165) is 5.56 Å². The Morgan fingerprint density at radius 3 is 2.44 bits per heavy atom. The summed E-state index contributed by atoms with van der Waals surface area (Å²) in [6, 6.07) is 5.36. The highest BCUT2D eigenvalue weighted by Gasteiger charge is 2.15. The molecule has 0 unspecified atom stereocenters. The highest BCUT2D eigenvalue weighted by Crippen LogP contribution is 2.28. The summed E-state index contributed by atoms with van der Waals surface area (Å²) in [6.07, 6.45) is 0. The molecule has 10 heteroatoms. The minimum atomic E-state index is 0.0557. The molecule has 0 saturated heterocycles. The molecule has 0 spiro atoms. The number of hydrogen-bond donors (Lipinski definition) is 1. The van der Waals surface area contributed by atoms with Crippen molar-refractivity contribution in [2.75, 3.05) is 24.7 Å². The molecule has 1 heterocycles. The third-order valence-corrected chi connectivity index (χ3v) is 5.95. The SMILES string of the molecule is CCN(CC)C(=O)CSc1nnc(SCc2ccc(Cl)cc2Cl)n1N. The fraction of sp³-hybridized carbons (Fsp3) is 0.400. The van der Waals surface area contributed by atoms with Gasteiger partial charge < -0.3 is 10.7 Å². The van der Waals surface area contributed by atoms with Crippen molar-refractivity contribution < 1.29 is 4.79 Å². The van der Waals surface area contributed by atoms with Crippen molar-refractivity contribution in [3.63, 3.8) is 0 Å². The molecule has 0 aliphatic carbocycles. The van der Waals surface area contributed by atoms with Gasteiger partial charge in [-0.1, -0.05) is 52.8 Å². The number of carbonyl (C=O) groups excluding carboxylic acids is 1. The molecule has 0 saturated carbocycles. The Bertz CT molecular complexity index is 737. The minimum Gasteiger partial charge on any atom is -0.343 e. The van der Waals surface area contributed by atoms with Crippen molar-refractivity contribution in [3.8, 4) is 0 Å². The molecule has 25 heavy (non-hydrogen) atoms. The molecule has 0 aliphatic rings. The van der Waals surface area contributed by atoms with Crippen LogP contribution >= 0.6 is 46.7 Å². The number of benzene rings is 1. The van der Waals surface area contributed by atoms with Gasteiger partial charge in [0.25, 0.3) is 0 Å².